The Kier molecular flexibility index (Phi) is 5.90. The molecule has 0 atom stereocenters. The summed E-state index contributed by atoms with van der Waals surface area (Å²) in [6, 6.07) is 14.2. The van der Waals surface area contributed by atoms with Crippen LogP contribution in [0.15, 0.2) is 53.4 Å². The fourth-order valence-electron chi connectivity index (χ4n) is 2.11. The normalized spacial score (nSPS) is 11.1. The lowest BCUT2D eigenvalue weighted by atomic mass is 10.2. The van der Waals surface area contributed by atoms with Crippen LogP contribution in [0.3, 0.4) is 0 Å². The summed E-state index contributed by atoms with van der Waals surface area (Å²) in [5, 5.41) is 2.83. The molecule has 24 heavy (non-hydrogen) atoms. The summed E-state index contributed by atoms with van der Waals surface area (Å²) in [5.74, 6) is 0.657. The molecule has 0 saturated carbocycles. The summed E-state index contributed by atoms with van der Waals surface area (Å²) in [6.45, 7) is 2.03. The molecule has 0 fully saturated rings. The number of amides is 1. The Morgan fingerprint density at radius 2 is 1.88 bits per heavy atom. The van der Waals surface area contributed by atoms with Crippen LogP contribution in [0.4, 0.5) is 11.4 Å². The predicted octanol–water partition coefficient (Wildman–Crippen LogP) is 3.45. The van der Waals surface area contributed by atoms with Gasteiger partial charge in [0.2, 0.25) is 10.0 Å². The van der Waals surface area contributed by atoms with Gasteiger partial charge in [0.05, 0.1) is 17.5 Å². The van der Waals surface area contributed by atoms with E-state index in [4.69, 9.17) is 0 Å². The Morgan fingerprint density at radius 3 is 2.54 bits per heavy atom. The number of anilines is 2. The van der Waals surface area contributed by atoms with Crippen LogP contribution in [0.1, 0.15) is 17.3 Å². The maximum absolute atomic E-state index is 12.5. The van der Waals surface area contributed by atoms with E-state index in [1.807, 2.05) is 25.1 Å². The summed E-state index contributed by atoms with van der Waals surface area (Å²) >= 11 is 1.60. The maximum Gasteiger partial charge on any atom is 0.256 e. The van der Waals surface area contributed by atoms with Gasteiger partial charge in [-0.3, -0.25) is 9.10 Å². The highest BCUT2D eigenvalue weighted by atomic mass is 32.2. The first-order valence-corrected chi connectivity index (χ1v) is 10.2. The largest absolute Gasteiger partial charge is 0.322 e. The molecular weight excluding hydrogens is 344 g/mol. The second kappa shape index (κ2) is 7.72. The molecule has 0 aromatic heterocycles. The molecule has 1 amide bonds. The lowest BCUT2D eigenvalue weighted by molar-refractivity contribution is 0.102. The van der Waals surface area contributed by atoms with Crippen LogP contribution in [0.25, 0.3) is 0 Å². The molecule has 0 radical (unpaired) electrons. The minimum absolute atomic E-state index is 0.217. The van der Waals surface area contributed by atoms with Gasteiger partial charge in [-0.25, -0.2) is 8.42 Å². The molecule has 5 nitrogen and oxygen atoms in total. The lowest BCUT2D eigenvalue weighted by Crippen LogP contribution is -2.24. The van der Waals surface area contributed by atoms with Gasteiger partial charge >= 0.3 is 0 Å². The van der Waals surface area contributed by atoms with Crippen molar-refractivity contribution in [2.75, 3.05) is 28.7 Å². The topological polar surface area (TPSA) is 66.5 Å². The molecule has 1 N–H and O–H groups in total. The molecule has 7 heteroatoms. The third-order valence-electron chi connectivity index (χ3n) is 3.40. The zero-order valence-electron chi connectivity index (χ0n) is 13.8. The van der Waals surface area contributed by atoms with Gasteiger partial charge in [0, 0.05) is 17.6 Å². The number of carbonyl (C=O) groups excluding carboxylic acids is 1. The van der Waals surface area contributed by atoms with Crippen LogP contribution in [0.2, 0.25) is 0 Å². The fourth-order valence-corrected chi connectivity index (χ4v) is 3.40. The summed E-state index contributed by atoms with van der Waals surface area (Å²) in [7, 11) is -1.87. The number of benzene rings is 2. The van der Waals surface area contributed by atoms with Crippen LogP contribution >= 0.6 is 11.8 Å². The van der Waals surface area contributed by atoms with Gasteiger partial charge in [-0.05, 0) is 36.1 Å². The second-order valence-corrected chi connectivity index (χ2v) is 8.48. The van der Waals surface area contributed by atoms with Gasteiger partial charge in [-0.1, -0.05) is 25.1 Å². The van der Waals surface area contributed by atoms with E-state index in [2.05, 4.69) is 5.32 Å². The van der Waals surface area contributed by atoms with Crippen molar-refractivity contribution < 1.29 is 13.2 Å². The number of nitrogens with zero attached hydrogens (tertiary/aromatic N) is 1. The Labute approximate surface area is 147 Å². The molecule has 0 heterocycles. The minimum Gasteiger partial charge on any atom is -0.322 e. The van der Waals surface area contributed by atoms with Gasteiger partial charge in [-0.2, -0.15) is 0 Å². The number of nitrogens with one attached hydrogen (secondary N) is 1. The number of hydrogen-bond donors (Lipinski definition) is 1. The van der Waals surface area contributed by atoms with Crippen LogP contribution in [0, 0.1) is 0 Å². The van der Waals surface area contributed by atoms with Gasteiger partial charge in [-0.15, -0.1) is 11.8 Å². The number of sulfonamides is 1. The molecule has 0 aliphatic carbocycles. The molecule has 0 saturated heterocycles. The quantitative estimate of drug-likeness (QED) is 0.797. The number of hydrogen-bond acceptors (Lipinski definition) is 4. The third-order valence-corrected chi connectivity index (χ3v) is 5.56. The van der Waals surface area contributed by atoms with Crippen LogP contribution in [0.5, 0.6) is 0 Å². The molecule has 0 aliphatic rings. The lowest BCUT2D eigenvalue weighted by Gasteiger charge is -2.17. The predicted molar refractivity (Wildman–Crippen MR) is 100 cm³/mol. The van der Waals surface area contributed by atoms with E-state index >= 15 is 0 Å². The highest BCUT2D eigenvalue weighted by Crippen LogP contribution is 2.24. The maximum atomic E-state index is 12.5. The zero-order chi connectivity index (χ0) is 17.7. The van der Waals surface area contributed by atoms with E-state index in [1.54, 1.807) is 42.1 Å². The van der Waals surface area contributed by atoms with Crippen molar-refractivity contribution in [3.05, 3.63) is 54.1 Å². The van der Waals surface area contributed by atoms with Gasteiger partial charge in [0.15, 0.2) is 0 Å². The van der Waals surface area contributed by atoms with Crippen molar-refractivity contribution in [1.82, 2.24) is 0 Å². The van der Waals surface area contributed by atoms with E-state index in [0.29, 0.717) is 16.9 Å². The molecule has 0 aliphatic heterocycles. The third kappa shape index (κ3) is 4.52. The number of rotatable bonds is 6. The highest BCUT2D eigenvalue weighted by Gasteiger charge is 2.14. The van der Waals surface area contributed by atoms with Crippen LogP contribution < -0.4 is 9.62 Å². The monoisotopic (exact) mass is 364 g/mol. The van der Waals surface area contributed by atoms with Crippen molar-refractivity contribution in [3.8, 4) is 0 Å². The van der Waals surface area contributed by atoms with E-state index in [-0.39, 0.29) is 5.91 Å². The van der Waals surface area contributed by atoms with Crippen LogP contribution in [-0.2, 0) is 10.0 Å². The Hall–Kier alpha value is -1.99. The van der Waals surface area contributed by atoms with Gasteiger partial charge in [0.1, 0.15) is 0 Å². The van der Waals surface area contributed by atoms with Crippen molar-refractivity contribution in [2.24, 2.45) is 0 Å². The summed E-state index contributed by atoms with van der Waals surface area (Å²) in [4.78, 5) is 13.4. The van der Waals surface area contributed by atoms with Crippen molar-refractivity contribution in [2.45, 2.75) is 11.8 Å². The summed E-state index contributed by atoms with van der Waals surface area (Å²) < 4.78 is 24.4. The summed E-state index contributed by atoms with van der Waals surface area (Å²) in [5.41, 5.74) is 1.64. The Balaban J connectivity index is 2.24. The minimum atomic E-state index is -3.35. The number of carbonyl (C=O) groups is 1. The summed E-state index contributed by atoms with van der Waals surface area (Å²) in [6.07, 6.45) is 1.14. The van der Waals surface area contributed by atoms with E-state index < -0.39 is 10.0 Å². The molecule has 2 aromatic rings. The Morgan fingerprint density at radius 1 is 1.17 bits per heavy atom. The average Bonchev–Trinajstić information content (AvgIpc) is 2.54. The van der Waals surface area contributed by atoms with E-state index in [1.165, 1.54) is 11.4 Å². The van der Waals surface area contributed by atoms with Crippen LogP contribution in [-0.4, -0.2) is 33.4 Å². The first kappa shape index (κ1) is 18.4. The van der Waals surface area contributed by atoms with E-state index in [0.717, 1.165) is 16.9 Å². The number of thioether (sulfide) groups is 1. The zero-order valence-corrected chi connectivity index (χ0v) is 15.4. The highest BCUT2D eigenvalue weighted by molar-refractivity contribution is 7.99. The molecule has 2 rings (SSSR count). The molecule has 128 valence electrons. The smallest absolute Gasteiger partial charge is 0.256 e. The fraction of sp³-hybridized carbons (Fsp3) is 0.235. The van der Waals surface area contributed by atoms with Crippen molar-refractivity contribution in [1.29, 1.82) is 0 Å². The standard InChI is InChI=1S/C17H20N2O3S2/c1-4-23-16-11-6-5-10-15(16)17(20)18-13-8-7-9-14(12-13)19(2)24(3,21)22/h5-12H,4H2,1-3H3,(H,18,20). The second-order valence-electron chi connectivity index (χ2n) is 5.16. The SMILES string of the molecule is CCSc1ccccc1C(=O)Nc1cccc(N(C)S(C)(=O)=O)c1. The molecule has 0 bridgehead atoms. The van der Waals surface area contributed by atoms with E-state index in [9.17, 15) is 13.2 Å². The Bertz CT molecular complexity index is 835. The molecule has 2 aromatic carbocycles. The van der Waals surface area contributed by atoms with Crippen molar-refractivity contribution in [3.63, 3.8) is 0 Å². The van der Waals surface area contributed by atoms with Crippen molar-refractivity contribution >= 4 is 39.1 Å². The average molecular weight is 364 g/mol. The first-order chi connectivity index (χ1) is 11.3. The molecule has 0 spiro atoms. The molecular formula is C17H20N2O3S2. The first-order valence-electron chi connectivity index (χ1n) is 7.40. The molecule has 0 unspecified atom stereocenters. The van der Waals surface area contributed by atoms with Gasteiger partial charge in [0.25, 0.3) is 5.91 Å². The van der Waals surface area contributed by atoms with Gasteiger partial charge < -0.3 is 5.32 Å².